The molecule has 0 fully saturated rings. The van der Waals surface area contributed by atoms with Crippen LogP contribution < -0.4 is 15.9 Å². The Morgan fingerprint density at radius 1 is 0.853 bits per heavy atom. The van der Waals surface area contributed by atoms with Crippen LogP contribution in [-0.2, 0) is 13.4 Å². The second-order valence-corrected chi connectivity index (χ2v) is 11.5. The van der Waals surface area contributed by atoms with E-state index in [4.69, 9.17) is 20.1 Å². The molecule has 0 heterocycles. The number of hydrogen-bond donors (Lipinski definition) is 1. The third kappa shape index (κ3) is 6.90. The number of aliphatic imine (C=N–C) groups is 1. The molecule has 1 N–H and O–H groups in total. The van der Waals surface area contributed by atoms with Gasteiger partial charge in [-0.25, -0.2) is 0 Å². The number of nitro groups is 1. The van der Waals surface area contributed by atoms with Crippen molar-refractivity contribution in [1.29, 1.82) is 0 Å². The molecule has 0 radical (unpaired) electrons. The van der Waals surface area contributed by atoms with E-state index in [1.165, 1.54) is 28.8 Å². The van der Waals surface area contributed by atoms with Gasteiger partial charge in [0.05, 0.1) is 12.8 Å². The van der Waals surface area contributed by atoms with Gasteiger partial charge in [-0.05, 0) is 42.5 Å². The van der Waals surface area contributed by atoms with E-state index >= 15 is 0 Å². The number of phenols is 1. The molecule has 4 aromatic rings. The van der Waals surface area contributed by atoms with Crippen LogP contribution in [0.25, 0.3) is 0 Å². The number of non-ortho nitro benzene ring substituents is 1. The zero-order chi connectivity index (χ0) is 24.3. The zero-order valence-corrected chi connectivity index (χ0v) is 21.5. The molecule has 4 aromatic carbocycles. The average molecular weight is 550 g/mol. The molecule has 4 rings (SSSR count). The van der Waals surface area contributed by atoms with E-state index in [-0.39, 0.29) is 30.5 Å². The molecule has 0 saturated heterocycles. The fourth-order valence-corrected chi connectivity index (χ4v) is 6.10. The number of rotatable bonds is 6. The Kier molecular flexibility index (Phi) is 10.1. The van der Waals surface area contributed by atoms with Gasteiger partial charge < -0.3 is 5.11 Å². The van der Waals surface area contributed by atoms with Crippen molar-refractivity contribution in [2.24, 2.45) is 4.99 Å². The van der Waals surface area contributed by atoms with Crippen LogP contribution >= 0.6 is 28.0 Å². The van der Waals surface area contributed by atoms with E-state index in [0.717, 1.165) is 10.9 Å². The normalized spacial score (nSPS) is 10.7. The molecule has 34 heavy (non-hydrogen) atoms. The molecule has 0 aliphatic heterocycles. The van der Waals surface area contributed by atoms with Gasteiger partial charge in [0.1, 0.15) is 27.4 Å². The maximum atomic E-state index is 11.1. The van der Waals surface area contributed by atoms with Crippen LogP contribution in [0.5, 0.6) is 5.75 Å². The van der Waals surface area contributed by atoms with Crippen molar-refractivity contribution in [1.82, 2.24) is 0 Å². The van der Waals surface area contributed by atoms with E-state index < -0.39 is 12.8 Å². The molecule has 0 atom stereocenters. The topological polar surface area (TPSA) is 75.7 Å². The summed E-state index contributed by atoms with van der Waals surface area (Å²) < 4.78 is 0. The van der Waals surface area contributed by atoms with Crippen LogP contribution in [0.15, 0.2) is 108 Å². The van der Waals surface area contributed by atoms with Crippen LogP contribution in [0, 0.1) is 10.1 Å². The first-order valence-electron chi connectivity index (χ1n) is 10.0. The summed E-state index contributed by atoms with van der Waals surface area (Å²) in [5.41, 5.74) is 0.962. The number of halogens is 2. The molecule has 0 amide bonds. The third-order valence-corrected chi connectivity index (χ3v) is 7.68. The Labute approximate surface area is 213 Å². The third-order valence-electron chi connectivity index (χ3n) is 4.87. The van der Waals surface area contributed by atoms with Crippen molar-refractivity contribution >= 4 is 61.5 Å². The van der Waals surface area contributed by atoms with E-state index in [9.17, 15) is 15.2 Å². The van der Waals surface area contributed by atoms with Crippen LogP contribution in [0.4, 0.5) is 11.4 Å². The predicted octanol–water partition coefficient (Wildman–Crippen LogP) is 5.92. The van der Waals surface area contributed by atoms with E-state index in [2.05, 4.69) is 35.3 Å². The summed E-state index contributed by atoms with van der Waals surface area (Å²) in [7, 11) is 8.35. The molecule has 0 saturated carbocycles. The quantitative estimate of drug-likeness (QED) is 0.140. The second-order valence-electron chi connectivity index (χ2n) is 6.94. The molecule has 9 heteroatoms. The van der Waals surface area contributed by atoms with Crippen molar-refractivity contribution in [2.75, 3.05) is 0 Å². The number of benzene rings is 4. The summed E-state index contributed by atoms with van der Waals surface area (Å²) in [5, 5.41) is 24.8. The Morgan fingerprint density at radius 2 is 1.38 bits per heavy atom. The van der Waals surface area contributed by atoms with Gasteiger partial charge in [0.25, 0.3) is 5.69 Å². The Balaban J connectivity index is 0.00000103. The van der Waals surface area contributed by atoms with Gasteiger partial charge in [0.15, 0.2) is 0 Å². The van der Waals surface area contributed by atoms with Crippen molar-refractivity contribution in [3.05, 3.63) is 119 Å². The fraction of sp³-hybridized carbons (Fsp3) is 0. The molecule has 0 unspecified atom stereocenters. The number of nitro benzene ring substituents is 1. The van der Waals surface area contributed by atoms with Crippen molar-refractivity contribution in [2.45, 2.75) is 0 Å². The molecule has 5 nitrogen and oxygen atoms in total. The Hall–Kier alpha value is -2.71. The number of aromatic hydroxyl groups is 1. The van der Waals surface area contributed by atoms with Gasteiger partial charge in [0, 0.05) is 23.9 Å². The first-order chi connectivity index (χ1) is 16.5. The minimum absolute atomic E-state index is 0.101. The SMILES string of the molecule is O=[N+]([O-])c1ccc(O)c(N=Cc2ccccc2[PH+](c2ccccc2)c2ccccc2)c1.[Cl][Cr][Cl]. The van der Waals surface area contributed by atoms with Crippen LogP contribution in [0.1, 0.15) is 5.56 Å². The standard InChI is InChI=1S/C25H19N2O3P.2ClH.Cr/c28-24-16-15-20(27(29)30)17-23(24)26-18-19-9-7-8-14-25(19)31(21-10-3-1-4-11-21)22-12-5-2-6-13-22;;;/h1-18,28H;2*1H;/q;;;+2/p-1. The predicted molar refractivity (Wildman–Crippen MR) is 140 cm³/mol. The summed E-state index contributed by atoms with van der Waals surface area (Å²) in [6.45, 7) is 0. The molecule has 0 aliphatic carbocycles. The van der Waals surface area contributed by atoms with Crippen molar-refractivity contribution in [3.63, 3.8) is 0 Å². The maximum absolute atomic E-state index is 11.1. The summed E-state index contributed by atoms with van der Waals surface area (Å²) in [5.74, 6) is -0.101. The average Bonchev–Trinajstić information content (AvgIpc) is 2.86. The van der Waals surface area contributed by atoms with Gasteiger partial charge in [-0.1, -0.05) is 48.5 Å². The number of nitrogens with zero attached hydrogens (tertiary/aromatic N) is 2. The van der Waals surface area contributed by atoms with Gasteiger partial charge in [0.2, 0.25) is 0 Å². The van der Waals surface area contributed by atoms with Gasteiger partial charge >= 0.3 is 33.5 Å². The second kappa shape index (κ2) is 13.2. The fourth-order valence-electron chi connectivity index (χ4n) is 3.39. The van der Waals surface area contributed by atoms with Gasteiger partial charge in [-0.15, -0.1) is 0 Å². The summed E-state index contributed by atoms with van der Waals surface area (Å²) in [4.78, 5) is 15.0. The van der Waals surface area contributed by atoms with E-state index in [1.54, 1.807) is 6.21 Å². The molecule has 0 aromatic heterocycles. The van der Waals surface area contributed by atoms with E-state index in [1.807, 2.05) is 54.6 Å². The van der Waals surface area contributed by atoms with Gasteiger partial charge in [-0.3, -0.25) is 15.1 Å². The summed E-state index contributed by atoms with van der Waals surface area (Å²) >= 11 is -0.181. The van der Waals surface area contributed by atoms with Crippen LogP contribution in [-0.4, -0.2) is 16.2 Å². The summed E-state index contributed by atoms with van der Waals surface area (Å²) in [6, 6.07) is 32.6. The monoisotopic (exact) mass is 549 g/mol. The Morgan fingerprint density at radius 3 is 1.94 bits per heavy atom. The van der Waals surface area contributed by atoms with Gasteiger partial charge in [-0.2, -0.15) is 0 Å². The zero-order valence-electron chi connectivity index (χ0n) is 17.7. The van der Waals surface area contributed by atoms with Crippen molar-refractivity contribution < 1.29 is 23.4 Å². The molecular formula is C25H20Cl2CrN2O3P+. The van der Waals surface area contributed by atoms with E-state index in [0.29, 0.717) is 0 Å². The van der Waals surface area contributed by atoms with Crippen molar-refractivity contribution in [3.8, 4) is 5.75 Å². The number of hydrogen-bond acceptors (Lipinski definition) is 4. The molecule has 0 bridgehead atoms. The molecule has 172 valence electrons. The number of phenolic OH excluding ortho intramolecular Hbond substituents is 1. The van der Waals surface area contributed by atoms with Crippen LogP contribution in [0.2, 0.25) is 0 Å². The first-order valence-corrected chi connectivity index (χ1v) is 15.0. The molecule has 0 spiro atoms. The van der Waals surface area contributed by atoms with Crippen LogP contribution in [0.3, 0.4) is 0 Å². The Bertz CT molecular complexity index is 1220. The molecule has 0 aliphatic rings. The minimum atomic E-state index is -1.30. The summed E-state index contributed by atoms with van der Waals surface area (Å²) in [6.07, 6.45) is 1.67. The first kappa shape index (κ1) is 25.9. The molecular weight excluding hydrogens is 530 g/mol.